The first-order valence-corrected chi connectivity index (χ1v) is 15.5. The summed E-state index contributed by atoms with van der Waals surface area (Å²) in [5.41, 5.74) is 9.08. The van der Waals surface area contributed by atoms with E-state index in [1.807, 2.05) is 24.3 Å². The van der Waals surface area contributed by atoms with Crippen molar-refractivity contribution in [1.29, 1.82) is 0 Å². The van der Waals surface area contributed by atoms with Gasteiger partial charge in [0.25, 0.3) is 0 Å². The predicted octanol–water partition coefficient (Wildman–Crippen LogP) is 4.11. The van der Waals surface area contributed by atoms with Crippen LogP contribution in [0.1, 0.15) is 53.4 Å². The molecule has 192 valence electrons. The van der Waals surface area contributed by atoms with Gasteiger partial charge < -0.3 is 54.5 Å². The summed E-state index contributed by atoms with van der Waals surface area (Å²) in [6.45, 7) is 8.94. The van der Waals surface area contributed by atoms with Gasteiger partial charge in [-0.05, 0) is 62.8 Å². The van der Waals surface area contributed by atoms with Crippen molar-refractivity contribution in [3.8, 4) is 0 Å². The van der Waals surface area contributed by atoms with E-state index >= 15 is 0 Å². The summed E-state index contributed by atoms with van der Waals surface area (Å²) in [5.74, 6) is 0. The standard InChI is InChI=1S/C14H18.2C5H5.4CH3.4ClH.2Zr/c1-9-5-7-13(11(9)3)14-8-6-10(2)12(14)4;2*1-2-4-5-3-1;;;;;;;;;;/h5-6H,7-8H2,1-4H3;2*1-3H,4H2;4*1H3;4*1H;;/q;6*-1;;;;;+2;+4/p-4. The van der Waals surface area contributed by atoms with Crippen LogP contribution in [-0.2, 0) is 47.1 Å². The van der Waals surface area contributed by atoms with Gasteiger partial charge in [-0.3, -0.25) is 12.2 Å². The van der Waals surface area contributed by atoms with Crippen LogP contribution in [0.15, 0.2) is 82.0 Å². The van der Waals surface area contributed by atoms with Gasteiger partial charge in [0, 0.05) is 0 Å². The molecule has 4 aliphatic carbocycles. The summed E-state index contributed by atoms with van der Waals surface area (Å²) in [6.07, 6.45) is 27.0. The molecule has 0 bridgehead atoms. The molecule has 0 aromatic heterocycles. The van der Waals surface area contributed by atoms with Crippen molar-refractivity contribution in [2.24, 2.45) is 0 Å². The molecule has 0 fully saturated rings. The Labute approximate surface area is 263 Å². The maximum atomic E-state index is 4.93. The van der Waals surface area contributed by atoms with E-state index < -0.39 is 20.8 Å². The smallest absolute Gasteiger partial charge is 2.00 e. The predicted molar refractivity (Wildman–Crippen MR) is 143 cm³/mol. The van der Waals surface area contributed by atoms with Crippen molar-refractivity contribution in [3.63, 3.8) is 0 Å². The summed E-state index contributed by atoms with van der Waals surface area (Å²) in [7, 11) is 9.87. The third kappa shape index (κ3) is 20.0. The van der Waals surface area contributed by atoms with E-state index in [2.05, 4.69) is 64.2 Å². The Morgan fingerprint density at radius 3 is 1.09 bits per heavy atom. The van der Waals surface area contributed by atoms with Gasteiger partial charge >= 0.3 is 64.1 Å². The molecule has 4 rings (SSSR count). The van der Waals surface area contributed by atoms with Crippen LogP contribution in [0.25, 0.3) is 0 Å². The molecule has 0 heterocycles. The Morgan fingerprint density at radius 2 is 0.971 bits per heavy atom. The second kappa shape index (κ2) is 31.9. The van der Waals surface area contributed by atoms with Crippen LogP contribution < -0.4 is 24.8 Å². The monoisotopic (exact) mass is 696 g/mol. The fourth-order valence-electron chi connectivity index (χ4n) is 2.98. The molecular weight excluding hydrogens is 661 g/mol. The molecule has 0 atom stereocenters. The first-order chi connectivity index (χ1) is 13.0. The fourth-order valence-corrected chi connectivity index (χ4v) is 2.98. The number of hydrogen-bond acceptors (Lipinski definition) is 0. The molecule has 0 radical (unpaired) electrons. The number of halogens is 4. The summed E-state index contributed by atoms with van der Waals surface area (Å²) in [5, 5.41) is 0. The first kappa shape index (κ1) is 51.5. The van der Waals surface area contributed by atoms with E-state index in [-0.39, 0.29) is 80.7 Å². The summed E-state index contributed by atoms with van der Waals surface area (Å²) < 4.78 is 0. The van der Waals surface area contributed by atoms with Crippen molar-refractivity contribution in [2.45, 2.75) is 53.4 Å². The second-order valence-corrected chi connectivity index (χ2v) is 10.2. The molecule has 4 aliphatic rings. The average molecular weight is 701 g/mol. The zero-order valence-corrected chi connectivity index (χ0v) is 29.9. The summed E-state index contributed by atoms with van der Waals surface area (Å²) in [6, 6.07) is 0. The van der Waals surface area contributed by atoms with Gasteiger partial charge in [-0.2, -0.15) is 12.2 Å². The normalized spacial score (nSPS) is 14.5. The molecule has 0 N–H and O–H groups in total. The molecule has 0 spiro atoms. The quantitative estimate of drug-likeness (QED) is 0.362. The van der Waals surface area contributed by atoms with Crippen molar-refractivity contribution < 1.29 is 71.9 Å². The van der Waals surface area contributed by atoms with Gasteiger partial charge in [-0.1, -0.05) is 23.3 Å². The van der Waals surface area contributed by atoms with Crippen LogP contribution in [0.4, 0.5) is 0 Å². The number of hydrogen-bond donors (Lipinski definition) is 0. The largest absolute Gasteiger partial charge is 2.00 e. The van der Waals surface area contributed by atoms with Crippen LogP contribution >= 0.6 is 17.0 Å². The molecule has 0 unspecified atom stereocenters. The Bertz CT molecular complexity index is 656. The maximum absolute atomic E-state index is 4.93. The first-order valence-electron chi connectivity index (χ1n) is 9.16. The zero-order valence-electron chi connectivity index (χ0n) is 22.0. The molecule has 34 heavy (non-hydrogen) atoms. The molecule has 0 saturated carbocycles. The van der Waals surface area contributed by atoms with Gasteiger partial charge in [0.05, 0.1) is 0 Å². The minimum absolute atomic E-state index is 0. The SMILES string of the molecule is CC1=CCC(C2=C(C)C(C)=CC2)=C1C.[C-]1=CC=CC1.[C-]1=CC=CC1.[CH3-].[CH3-].[CH3-].[CH3-].[Cl-].[Cl-].[Cl][Zr+2][Cl].[Zr+2]. The Hall–Kier alpha value is 0.846. The van der Waals surface area contributed by atoms with Crippen LogP contribution in [0.5, 0.6) is 0 Å². The Balaban J connectivity index is -0.0000000626. The molecule has 0 aliphatic heterocycles. The van der Waals surface area contributed by atoms with E-state index in [1.54, 1.807) is 11.1 Å². The van der Waals surface area contributed by atoms with Crippen molar-refractivity contribution in [3.05, 3.63) is 124 Å². The molecule has 0 aromatic rings. The summed E-state index contributed by atoms with van der Waals surface area (Å²) in [4.78, 5) is 0. The minimum atomic E-state index is -0.826. The molecule has 6 heteroatoms. The average Bonchev–Trinajstić information content (AvgIpc) is 3.45. The third-order valence-electron chi connectivity index (χ3n) is 4.85. The minimum Gasteiger partial charge on any atom is 2.00 e. The van der Waals surface area contributed by atoms with Crippen molar-refractivity contribution >= 4 is 17.0 Å². The van der Waals surface area contributed by atoms with Gasteiger partial charge in [0.1, 0.15) is 0 Å². The summed E-state index contributed by atoms with van der Waals surface area (Å²) >= 11 is -0.826. The number of rotatable bonds is 1. The molecule has 0 nitrogen and oxygen atoms in total. The molecule has 0 aromatic carbocycles. The van der Waals surface area contributed by atoms with E-state index in [4.69, 9.17) is 17.0 Å². The van der Waals surface area contributed by atoms with Crippen LogP contribution in [0.2, 0.25) is 0 Å². The molecule has 0 saturated heterocycles. The third-order valence-corrected chi connectivity index (χ3v) is 4.85. The van der Waals surface area contributed by atoms with Gasteiger partial charge in [0.15, 0.2) is 0 Å². The topological polar surface area (TPSA) is 0 Å². The Kier molecular flexibility index (Phi) is 48.3. The van der Waals surface area contributed by atoms with Crippen LogP contribution in [0, 0.1) is 41.9 Å². The fraction of sp³-hybridized carbons (Fsp3) is 0.286. The van der Waals surface area contributed by atoms with E-state index in [0.29, 0.717) is 0 Å². The van der Waals surface area contributed by atoms with E-state index in [1.165, 1.54) is 22.3 Å². The molecule has 0 amide bonds. The van der Waals surface area contributed by atoms with Crippen molar-refractivity contribution in [2.75, 3.05) is 0 Å². The number of allylic oxidation sites excluding steroid dienone is 16. The van der Waals surface area contributed by atoms with Gasteiger partial charge in [-0.15, -0.1) is 12.8 Å². The van der Waals surface area contributed by atoms with Crippen LogP contribution in [0.3, 0.4) is 0 Å². The van der Waals surface area contributed by atoms with Gasteiger partial charge in [0.2, 0.25) is 0 Å². The van der Waals surface area contributed by atoms with Gasteiger partial charge in [-0.25, -0.2) is 24.3 Å². The van der Waals surface area contributed by atoms with E-state index in [0.717, 1.165) is 25.7 Å². The van der Waals surface area contributed by atoms with Crippen LogP contribution in [-0.4, -0.2) is 0 Å². The van der Waals surface area contributed by atoms with Crippen molar-refractivity contribution in [1.82, 2.24) is 0 Å². The Morgan fingerprint density at radius 1 is 0.676 bits per heavy atom. The van der Waals surface area contributed by atoms with E-state index in [9.17, 15) is 0 Å². The second-order valence-electron chi connectivity index (χ2n) is 6.47. The molecular formula is C28H40Cl4Zr2-4. The maximum Gasteiger partial charge on any atom is 2.00 e. The zero-order chi connectivity index (χ0) is 20.1.